The zero-order valence-corrected chi connectivity index (χ0v) is 13.8. The van der Waals surface area contributed by atoms with E-state index >= 15 is 0 Å². The normalized spacial score (nSPS) is 18.1. The van der Waals surface area contributed by atoms with E-state index in [0.29, 0.717) is 6.04 Å². The molecule has 1 N–H and O–H groups in total. The average molecular weight is 292 g/mol. The fourth-order valence-corrected chi connectivity index (χ4v) is 3.92. The fraction of sp³-hybridized carbons (Fsp3) is 0.667. The van der Waals surface area contributed by atoms with Crippen molar-refractivity contribution in [2.45, 2.75) is 63.3 Å². The van der Waals surface area contributed by atoms with Gasteiger partial charge in [-0.15, -0.1) is 11.8 Å². The van der Waals surface area contributed by atoms with Crippen LogP contribution in [0.15, 0.2) is 29.2 Å². The molecule has 20 heavy (non-hydrogen) atoms. The number of hydrogen-bond acceptors (Lipinski definition) is 2. The lowest BCUT2D eigenvalue weighted by molar-refractivity contribution is 0.272. The third-order valence-corrected chi connectivity index (χ3v) is 5.18. The first-order chi connectivity index (χ1) is 9.85. The first kappa shape index (κ1) is 15.9. The third kappa shape index (κ3) is 4.53. The minimum Gasteiger partial charge on any atom is -0.310 e. The molecule has 0 aromatic heterocycles. The highest BCUT2D eigenvalue weighted by Crippen LogP contribution is 2.35. The molecule has 1 atom stereocenters. The summed E-state index contributed by atoms with van der Waals surface area (Å²) in [6, 6.07) is 9.86. The van der Waals surface area contributed by atoms with E-state index in [1.165, 1.54) is 49.0 Å². The molecule has 0 spiro atoms. The highest BCUT2D eigenvalue weighted by Gasteiger charge is 2.24. The van der Waals surface area contributed by atoms with Gasteiger partial charge in [-0.05, 0) is 55.2 Å². The average Bonchev–Trinajstić information content (AvgIpc) is 2.51. The number of rotatable bonds is 7. The highest BCUT2D eigenvalue weighted by molar-refractivity contribution is 7.99. The van der Waals surface area contributed by atoms with E-state index < -0.39 is 0 Å². The van der Waals surface area contributed by atoms with Gasteiger partial charge in [-0.25, -0.2) is 0 Å². The van der Waals surface area contributed by atoms with Gasteiger partial charge in [0.1, 0.15) is 0 Å². The Labute approximate surface area is 128 Å². The molecule has 0 bridgehead atoms. The Hall–Kier alpha value is -0.470. The maximum atomic E-state index is 3.80. The summed E-state index contributed by atoms with van der Waals surface area (Å²) in [7, 11) is 0. The maximum absolute atomic E-state index is 3.80. The van der Waals surface area contributed by atoms with Crippen LogP contribution in [-0.4, -0.2) is 12.3 Å². The van der Waals surface area contributed by atoms with Crippen LogP contribution in [0.1, 0.15) is 64.0 Å². The first-order valence-electron chi connectivity index (χ1n) is 8.31. The summed E-state index contributed by atoms with van der Waals surface area (Å²) in [5.74, 6) is 1.99. The molecule has 2 heteroatoms. The smallest absolute Gasteiger partial charge is 0.0348 e. The lowest BCUT2D eigenvalue weighted by atomic mass is 9.81. The minimum absolute atomic E-state index is 0.566. The molecular formula is C18H29NS. The molecule has 1 unspecified atom stereocenters. The molecule has 1 saturated carbocycles. The van der Waals surface area contributed by atoms with Gasteiger partial charge in [0.05, 0.1) is 0 Å². The SMILES string of the molecule is CCCNC(c1ccc(SCC)cc1)C1CCCCC1. The summed E-state index contributed by atoms with van der Waals surface area (Å²) in [4.78, 5) is 1.40. The molecule has 1 aliphatic rings. The predicted molar refractivity (Wildman–Crippen MR) is 90.4 cm³/mol. The van der Waals surface area contributed by atoms with Crippen molar-refractivity contribution in [2.24, 2.45) is 5.92 Å². The van der Waals surface area contributed by atoms with E-state index in [4.69, 9.17) is 0 Å². The van der Waals surface area contributed by atoms with Crippen LogP contribution in [0.5, 0.6) is 0 Å². The molecule has 0 saturated heterocycles. The van der Waals surface area contributed by atoms with Crippen LogP contribution in [0.3, 0.4) is 0 Å². The largest absolute Gasteiger partial charge is 0.310 e. The predicted octanol–water partition coefficient (Wildman–Crippen LogP) is 5.42. The number of thioether (sulfide) groups is 1. The molecule has 1 aliphatic carbocycles. The van der Waals surface area contributed by atoms with Crippen LogP contribution >= 0.6 is 11.8 Å². The molecule has 0 aliphatic heterocycles. The van der Waals surface area contributed by atoms with E-state index in [9.17, 15) is 0 Å². The molecule has 1 fully saturated rings. The Morgan fingerprint density at radius 3 is 2.40 bits per heavy atom. The minimum atomic E-state index is 0.566. The van der Waals surface area contributed by atoms with Gasteiger partial charge in [-0.1, -0.05) is 45.2 Å². The van der Waals surface area contributed by atoms with E-state index in [0.717, 1.165) is 18.2 Å². The monoisotopic (exact) mass is 291 g/mol. The van der Waals surface area contributed by atoms with E-state index in [2.05, 4.69) is 43.4 Å². The molecule has 1 nitrogen and oxygen atoms in total. The van der Waals surface area contributed by atoms with Crippen LogP contribution in [0.4, 0.5) is 0 Å². The number of benzene rings is 1. The van der Waals surface area contributed by atoms with Gasteiger partial charge in [0, 0.05) is 10.9 Å². The fourth-order valence-electron chi connectivity index (χ4n) is 3.26. The molecule has 0 radical (unpaired) electrons. The summed E-state index contributed by atoms with van der Waals surface area (Å²) in [5, 5.41) is 3.80. The van der Waals surface area contributed by atoms with E-state index in [1.807, 2.05) is 11.8 Å². The Morgan fingerprint density at radius 2 is 1.80 bits per heavy atom. The van der Waals surface area contributed by atoms with Crippen molar-refractivity contribution in [1.82, 2.24) is 5.32 Å². The van der Waals surface area contributed by atoms with Crippen LogP contribution in [0.25, 0.3) is 0 Å². The van der Waals surface area contributed by atoms with Gasteiger partial charge in [0.25, 0.3) is 0 Å². The van der Waals surface area contributed by atoms with Crippen molar-refractivity contribution in [3.05, 3.63) is 29.8 Å². The third-order valence-electron chi connectivity index (χ3n) is 4.29. The molecular weight excluding hydrogens is 262 g/mol. The molecule has 0 amide bonds. The summed E-state index contributed by atoms with van der Waals surface area (Å²) in [6.45, 7) is 5.60. The van der Waals surface area contributed by atoms with Crippen LogP contribution in [0.2, 0.25) is 0 Å². The zero-order chi connectivity index (χ0) is 14.2. The van der Waals surface area contributed by atoms with Gasteiger partial charge >= 0.3 is 0 Å². The Bertz CT molecular complexity index is 368. The van der Waals surface area contributed by atoms with Crippen LogP contribution < -0.4 is 5.32 Å². The Kier molecular flexibility index (Phi) is 6.95. The highest BCUT2D eigenvalue weighted by atomic mass is 32.2. The van der Waals surface area contributed by atoms with Crippen molar-refractivity contribution in [3.8, 4) is 0 Å². The van der Waals surface area contributed by atoms with Crippen LogP contribution in [0, 0.1) is 5.92 Å². The van der Waals surface area contributed by atoms with Crippen LogP contribution in [-0.2, 0) is 0 Å². The Morgan fingerprint density at radius 1 is 1.10 bits per heavy atom. The molecule has 0 heterocycles. The van der Waals surface area contributed by atoms with Crippen molar-refractivity contribution >= 4 is 11.8 Å². The summed E-state index contributed by atoms with van der Waals surface area (Å²) in [5.41, 5.74) is 1.49. The van der Waals surface area contributed by atoms with Gasteiger partial charge in [-0.3, -0.25) is 0 Å². The molecule has 1 aromatic carbocycles. The van der Waals surface area contributed by atoms with Gasteiger partial charge < -0.3 is 5.32 Å². The summed E-state index contributed by atoms with van der Waals surface area (Å²) >= 11 is 1.93. The Balaban J connectivity index is 2.07. The van der Waals surface area contributed by atoms with Crippen molar-refractivity contribution in [1.29, 1.82) is 0 Å². The first-order valence-corrected chi connectivity index (χ1v) is 9.29. The van der Waals surface area contributed by atoms with Crippen molar-refractivity contribution in [3.63, 3.8) is 0 Å². The van der Waals surface area contributed by atoms with Gasteiger partial charge in [0.2, 0.25) is 0 Å². The number of hydrogen-bond donors (Lipinski definition) is 1. The number of nitrogens with one attached hydrogen (secondary N) is 1. The second-order valence-corrected chi connectivity index (χ2v) is 7.17. The lowest BCUT2D eigenvalue weighted by Gasteiger charge is -2.31. The quantitative estimate of drug-likeness (QED) is 0.673. The van der Waals surface area contributed by atoms with Gasteiger partial charge in [-0.2, -0.15) is 0 Å². The van der Waals surface area contributed by atoms with Crippen molar-refractivity contribution in [2.75, 3.05) is 12.3 Å². The van der Waals surface area contributed by atoms with Crippen molar-refractivity contribution < 1.29 is 0 Å². The second-order valence-electron chi connectivity index (χ2n) is 5.83. The van der Waals surface area contributed by atoms with E-state index in [-0.39, 0.29) is 0 Å². The van der Waals surface area contributed by atoms with E-state index in [1.54, 1.807) is 0 Å². The topological polar surface area (TPSA) is 12.0 Å². The summed E-state index contributed by atoms with van der Waals surface area (Å²) in [6.07, 6.45) is 8.27. The van der Waals surface area contributed by atoms with Gasteiger partial charge in [0.15, 0.2) is 0 Å². The molecule has 112 valence electrons. The molecule has 1 aromatic rings. The zero-order valence-electron chi connectivity index (χ0n) is 13.0. The maximum Gasteiger partial charge on any atom is 0.0348 e. The lowest BCUT2D eigenvalue weighted by Crippen LogP contribution is -2.30. The summed E-state index contributed by atoms with van der Waals surface area (Å²) < 4.78 is 0. The standard InChI is InChI=1S/C18H29NS/c1-3-14-19-18(15-8-6-5-7-9-15)16-10-12-17(13-11-16)20-4-2/h10-13,15,18-19H,3-9,14H2,1-2H3. The second kappa shape index (κ2) is 8.74. The molecule has 2 rings (SSSR count).